The third-order valence-electron chi connectivity index (χ3n) is 13.7. The molecular formula is C61H36N4S. The Bertz CT molecular complexity index is 4350. The largest absolute Gasteiger partial charge is 0.309 e. The Kier molecular flexibility index (Phi) is 7.88. The highest BCUT2D eigenvalue weighted by Crippen LogP contribution is 2.45. The van der Waals surface area contributed by atoms with E-state index in [-0.39, 0.29) is 0 Å². The van der Waals surface area contributed by atoms with Gasteiger partial charge in [0.05, 0.1) is 50.4 Å². The molecule has 14 rings (SSSR count). The minimum absolute atomic E-state index is 0.652. The maximum atomic E-state index is 9.55. The summed E-state index contributed by atoms with van der Waals surface area (Å²) in [6.45, 7) is 0. The Morgan fingerprint density at radius 3 is 1.80 bits per heavy atom. The lowest BCUT2D eigenvalue weighted by atomic mass is 9.97. The van der Waals surface area contributed by atoms with Crippen molar-refractivity contribution in [1.29, 1.82) is 5.26 Å². The van der Waals surface area contributed by atoms with Gasteiger partial charge in [0.15, 0.2) is 0 Å². The zero-order chi connectivity index (χ0) is 43.5. The molecule has 0 spiro atoms. The van der Waals surface area contributed by atoms with Gasteiger partial charge < -0.3 is 13.7 Å². The van der Waals surface area contributed by atoms with Crippen molar-refractivity contribution in [3.05, 3.63) is 224 Å². The number of aromatic nitrogens is 3. The first kappa shape index (κ1) is 36.8. The van der Waals surface area contributed by atoms with Crippen LogP contribution in [0.2, 0.25) is 0 Å². The van der Waals surface area contributed by atoms with E-state index in [4.69, 9.17) is 0 Å². The summed E-state index contributed by atoms with van der Waals surface area (Å²) < 4.78 is 9.99. The summed E-state index contributed by atoms with van der Waals surface area (Å²) in [5.41, 5.74) is 15.4. The molecule has 0 bridgehead atoms. The molecule has 5 heteroatoms. The van der Waals surface area contributed by atoms with Crippen LogP contribution in [0.3, 0.4) is 0 Å². The number of hydrogen-bond acceptors (Lipinski definition) is 2. The van der Waals surface area contributed by atoms with Gasteiger partial charge in [-0.25, -0.2) is 0 Å². The van der Waals surface area contributed by atoms with E-state index < -0.39 is 0 Å². The van der Waals surface area contributed by atoms with Crippen molar-refractivity contribution in [3.8, 4) is 45.4 Å². The summed E-state index contributed by atoms with van der Waals surface area (Å²) >= 11 is 1.86. The highest BCUT2D eigenvalue weighted by atomic mass is 32.1. The van der Waals surface area contributed by atoms with Crippen molar-refractivity contribution < 1.29 is 0 Å². The van der Waals surface area contributed by atoms with E-state index in [2.05, 4.69) is 214 Å². The maximum absolute atomic E-state index is 9.55. The van der Waals surface area contributed by atoms with Crippen LogP contribution in [0.25, 0.3) is 125 Å². The van der Waals surface area contributed by atoms with Crippen molar-refractivity contribution in [2.24, 2.45) is 0 Å². The third kappa shape index (κ3) is 5.31. The van der Waals surface area contributed by atoms with Crippen LogP contribution in [0.5, 0.6) is 0 Å². The molecule has 306 valence electrons. The molecule has 0 radical (unpaired) electrons. The molecule has 0 saturated heterocycles. The van der Waals surface area contributed by atoms with Crippen molar-refractivity contribution in [2.45, 2.75) is 0 Å². The number of nitrogens with zero attached hydrogens (tertiary/aromatic N) is 4. The van der Waals surface area contributed by atoms with Gasteiger partial charge in [0.1, 0.15) is 0 Å². The van der Waals surface area contributed by atoms with Crippen LogP contribution < -0.4 is 0 Å². The van der Waals surface area contributed by atoms with Gasteiger partial charge >= 0.3 is 0 Å². The first-order valence-electron chi connectivity index (χ1n) is 22.3. The second-order valence-corrected chi connectivity index (χ2v) is 18.3. The summed E-state index contributed by atoms with van der Waals surface area (Å²) in [6, 6.07) is 81.6. The van der Waals surface area contributed by atoms with E-state index in [1.165, 1.54) is 69.0 Å². The smallest absolute Gasteiger partial charge is 0.0991 e. The molecule has 66 heavy (non-hydrogen) atoms. The van der Waals surface area contributed by atoms with Gasteiger partial charge in [-0.05, 0) is 102 Å². The lowest BCUT2D eigenvalue weighted by Crippen LogP contribution is -2.01. The van der Waals surface area contributed by atoms with Crippen LogP contribution in [0.4, 0.5) is 0 Å². The topological polar surface area (TPSA) is 38.6 Å². The standard InChI is InChI=1S/C61H36N4S/c62-37-38-25-27-39(28-26-38)40-13-12-14-41(33-40)44-30-29-43(34-56(44)65-53-22-9-5-18-46(53)50-35-51-47-19-7-11-24-58(47)66-59(51)36-57(50)65)63-54-23-10-6-20-49(54)60-55(63)32-31-48-45-17-4-8-21-52(45)64(61(48)60)42-15-2-1-3-16-42/h1-36H. The SMILES string of the molecule is N#Cc1ccc(-c2cccc(-c3ccc(-n4c5ccccc5c5c4ccc4c6ccccc6n(-c6ccccc6)c45)cc3-n3c4ccccc4c4cc5c(cc43)sc3ccccc35)c2)cc1. The average molecular weight is 857 g/mol. The van der Waals surface area contributed by atoms with Crippen LogP contribution in [0, 0.1) is 11.3 Å². The summed E-state index contributed by atoms with van der Waals surface area (Å²) in [7, 11) is 0. The minimum atomic E-state index is 0.652. The van der Waals surface area contributed by atoms with E-state index in [1.54, 1.807) is 0 Å². The first-order chi connectivity index (χ1) is 32.7. The molecule has 14 aromatic rings. The molecule has 0 N–H and O–H groups in total. The van der Waals surface area contributed by atoms with E-state index in [0.29, 0.717) is 5.56 Å². The van der Waals surface area contributed by atoms with E-state index in [0.717, 1.165) is 55.9 Å². The summed E-state index contributed by atoms with van der Waals surface area (Å²) in [5.74, 6) is 0. The van der Waals surface area contributed by atoms with E-state index in [9.17, 15) is 5.26 Å². The van der Waals surface area contributed by atoms with Gasteiger partial charge in [0.2, 0.25) is 0 Å². The number of rotatable bonds is 5. The Morgan fingerprint density at radius 2 is 1.02 bits per heavy atom. The van der Waals surface area contributed by atoms with Gasteiger partial charge in [-0.1, -0.05) is 133 Å². The molecule has 0 atom stereocenters. The maximum Gasteiger partial charge on any atom is 0.0991 e. The zero-order valence-corrected chi connectivity index (χ0v) is 36.3. The van der Waals surface area contributed by atoms with E-state index >= 15 is 0 Å². The molecule has 4 nitrogen and oxygen atoms in total. The van der Waals surface area contributed by atoms with Crippen molar-refractivity contribution in [1.82, 2.24) is 13.7 Å². The molecule has 10 aromatic carbocycles. The summed E-state index contributed by atoms with van der Waals surface area (Å²) in [5, 5.41) is 19.5. The molecule has 4 heterocycles. The Hall–Kier alpha value is -8.69. The van der Waals surface area contributed by atoms with Crippen LogP contribution >= 0.6 is 11.3 Å². The number of fused-ring (bicyclic) bond motifs is 13. The number of benzene rings is 10. The molecule has 0 aliphatic carbocycles. The van der Waals surface area contributed by atoms with Crippen LogP contribution in [0.1, 0.15) is 5.56 Å². The van der Waals surface area contributed by atoms with Gasteiger partial charge in [0, 0.05) is 69.4 Å². The molecule has 0 aliphatic rings. The van der Waals surface area contributed by atoms with Crippen LogP contribution in [0.15, 0.2) is 218 Å². The highest BCUT2D eigenvalue weighted by molar-refractivity contribution is 7.25. The van der Waals surface area contributed by atoms with Gasteiger partial charge in [0.25, 0.3) is 0 Å². The Morgan fingerprint density at radius 1 is 0.348 bits per heavy atom. The fourth-order valence-corrected chi connectivity index (χ4v) is 11.9. The van der Waals surface area contributed by atoms with Gasteiger partial charge in [-0.15, -0.1) is 11.3 Å². The number of para-hydroxylation sites is 4. The van der Waals surface area contributed by atoms with Crippen molar-refractivity contribution in [3.63, 3.8) is 0 Å². The monoisotopic (exact) mass is 856 g/mol. The molecule has 0 aliphatic heterocycles. The fourth-order valence-electron chi connectivity index (χ4n) is 10.8. The third-order valence-corrected chi connectivity index (χ3v) is 14.8. The zero-order valence-electron chi connectivity index (χ0n) is 35.5. The second-order valence-electron chi connectivity index (χ2n) is 17.2. The molecular weight excluding hydrogens is 821 g/mol. The van der Waals surface area contributed by atoms with Crippen molar-refractivity contribution in [2.75, 3.05) is 0 Å². The predicted octanol–water partition coefficient (Wildman–Crippen LogP) is 16.6. The summed E-state index contributed by atoms with van der Waals surface area (Å²) in [4.78, 5) is 0. The molecule has 4 aromatic heterocycles. The predicted molar refractivity (Wildman–Crippen MR) is 278 cm³/mol. The Labute approximate surface area is 383 Å². The molecule has 0 unspecified atom stereocenters. The fraction of sp³-hybridized carbons (Fsp3) is 0. The van der Waals surface area contributed by atoms with Crippen LogP contribution in [-0.2, 0) is 0 Å². The number of nitriles is 1. The molecule has 0 fully saturated rings. The van der Waals surface area contributed by atoms with Gasteiger partial charge in [-0.2, -0.15) is 5.26 Å². The molecule has 0 saturated carbocycles. The summed E-state index contributed by atoms with van der Waals surface area (Å²) in [6.07, 6.45) is 0. The number of hydrogen-bond donors (Lipinski definition) is 0. The van der Waals surface area contributed by atoms with Crippen molar-refractivity contribution >= 4 is 96.9 Å². The normalized spacial score (nSPS) is 11.9. The second kappa shape index (κ2) is 14.2. The van der Waals surface area contributed by atoms with Gasteiger partial charge in [-0.3, -0.25) is 0 Å². The average Bonchev–Trinajstić information content (AvgIpc) is 4.12. The minimum Gasteiger partial charge on any atom is -0.309 e. The number of thiophene rings is 1. The molecule has 0 amide bonds. The Balaban J connectivity index is 1.09. The lowest BCUT2D eigenvalue weighted by molar-refractivity contribution is 1.14. The highest BCUT2D eigenvalue weighted by Gasteiger charge is 2.23. The quantitative estimate of drug-likeness (QED) is 0.170. The van der Waals surface area contributed by atoms with Crippen LogP contribution in [-0.4, -0.2) is 13.7 Å². The first-order valence-corrected chi connectivity index (χ1v) is 23.1. The lowest BCUT2D eigenvalue weighted by Gasteiger charge is -2.18. The van der Waals surface area contributed by atoms with E-state index in [1.807, 2.05) is 35.6 Å².